The standard InChI is InChI=1S/C15H19NO3/c1-15(2,3)14(19)16-11-7-5-4-6-10(11)8-9-12(16)13(17)18/h4-7,12H,8-9H2,1-3H3,(H,17,18). The van der Waals surface area contributed by atoms with Gasteiger partial charge in [0.15, 0.2) is 0 Å². The normalized spacial score (nSPS) is 18.9. The molecule has 4 heteroatoms. The van der Waals surface area contributed by atoms with Crippen molar-refractivity contribution in [3.63, 3.8) is 0 Å². The number of hydrogen-bond donors (Lipinski definition) is 1. The molecule has 1 atom stereocenters. The van der Waals surface area contributed by atoms with E-state index in [0.29, 0.717) is 12.8 Å². The molecular weight excluding hydrogens is 242 g/mol. The van der Waals surface area contributed by atoms with Crippen molar-refractivity contribution in [1.82, 2.24) is 0 Å². The predicted octanol–water partition coefficient (Wildman–Crippen LogP) is 2.47. The first kappa shape index (κ1) is 13.6. The van der Waals surface area contributed by atoms with E-state index in [0.717, 1.165) is 11.3 Å². The van der Waals surface area contributed by atoms with Crippen molar-refractivity contribution in [2.45, 2.75) is 39.7 Å². The van der Waals surface area contributed by atoms with E-state index >= 15 is 0 Å². The number of amides is 1. The Morgan fingerprint density at radius 2 is 1.89 bits per heavy atom. The lowest BCUT2D eigenvalue weighted by atomic mass is 9.89. The zero-order valence-corrected chi connectivity index (χ0v) is 11.5. The van der Waals surface area contributed by atoms with Crippen LogP contribution in [-0.4, -0.2) is 23.0 Å². The molecule has 1 amide bonds. The number of carboxylic acids is 1. The average Bonchev–Trinajstić information content (AvgIpc) is 2.35. The van der Waals surface area contributed by atoms with Crippen LogP contribution in [0.5, 0.6) is 0 Å². The largest absolute Gasteiger partial charge is 0.480 e. The molecule has 102 valence electrons. The van der Waals surface area contributed by atoms with Crippen molar-refractivity contribution in [3.8, 4) is 0 Å². The summed E-state index contributed by atoms with van der Waals surface area (Å²) in [6.45, 7) is 5.43. The van der Waals surface area contributed by atoms with Crippen molar-refractivity contribution < 1.29 is 14.7 Å². The summed E-state index contributed by atoms with van der Waals surface area (Å²) in [7, 11) is 0. The van der Waals surface area contributed by atoms with Crippen LogP contribution in [0.2, 0.25) is 0 Å². The van der Waals surface area contributed by atoms with E-state index in [2.05, 4.69) is 0 Å². The number of benzene rings is 1. The van der Waals surface area contributed by atoms with Crippen LogP contribution in [0.25, 0.3) is 0 Å². The smallest absolute Gasteiger partial charge is 0.326 e. The zero-order valence-electron chi connectivity index (χ0n) is 11.5. The van der Waals surface area contributed by atoms with Gasteiger partial charge in [0.1, 0.15) is 6.04 Å². The van der Waals surface area contributed by atoms with E-state index in [4.69, 9.17) is 0 Å². The second-order valence-electron chi connectivity index (χ2n) is 5.95. The van der Waals surface area contributed by atoms with Crippen LogP contribution >= 0.6 is 0 Å². The van der Waals surface area contributed by atoms with Crippen molar-refractivity contribution in [2.75, 3.05) is 4.90 Å². The first-order chi connectivity index (χ1) is 8.82. The summed E-state index contributed by atoms with van der Waals surface area (Å²) in [5, 5.41) is 9.35. The quantitative estimate of drug-likeness (QED) is 0.844. The summed E-state index contributed by atoms with van der Waals surface area (Å²) in [5.74, 6) is -1.08. The molecule has 0 fully saturated rings. The Kier molecular flexibility index (Phi) is 3.35. The van der Waals surface area contributed by atoms with Crippen LogP contribution in [-0.2, 0) is 16.0 Å². The van der Waals surface area contributed by atoms with Gasteiger partial charge in [-0.15, -0.1) is 0 Å². The molecule has 0 bridgehead atoms. The van der Waals surface area contributed by atoms with Crippen LogP contribution < -0.4 is 4.90 Å². The molecule has 1 heterocycles. The summed E-state index contributed by atoms with van der Waals surface area (Å²) in [5.41, 5.74) is 1.18. The first-order valence-corrected chi connectivity index (χ1v) is 6.47. The molecule has 0 aliphatic carbocycles. The van der Waals surface area contributed by atoms with Gasteiger partial charge >= 0.3 is 5.97 Å². The Morgan fingerprint density at radius 3 is 2.47 bits per heavy atom. The van der Waals surface area contributed by atoms with Gasteiger partial charge in [0.25, 0.3) is 0 Å². The number of aliphatic carboxylic acids is 1. The second kappa shape index (κ2) is 4.68. The highest BCUT2D eigenvalue weighted by Crippen LogP contribution is 2.34. The fourth-order valence-electron chi connectivity index (χ4n) is 2.39. The maximum atomic E-state index is 12.6. The lowest BCUT2D eigenvalue weighted by Crippen LogP contribution is -2.52. The minimum atomic E-state index is -0.938. The molecule has 1 aliphatic heterocycles. The molecule has 4 nitrogen and oxygen atoms in total. The first-order valence-electron chi connectivity index (χ1n) is 6.47. The third-order valence-corrected chi connectivity index (χ3v) is 3.40. The summed E-state index contributed by atoms with van der Waals surface area (Å²) in [6, 6.07) is 6.78. The number of carbonyl (C=O) groups excluding carboxylic acids is 1. The van der Waals surface area contributed by atoms with Crippen molar-refractivity contribution in [2.24, 2.45) is 5.41 Å². The Balaban J connectivity index is 2.50. The van der Waals surface area contributed by atoms with Crippen molar-refractivity contribution in [3.05, 3.63) is 29.8 Å². The van der Waals surface area contributed by atoms with E-state index in [1.807, 2.05) is 45.0 Å². The van der Waals surface area contributed by atoms with Gasteiger partial charge in [-0.05, 0) is 24.5 Å². The molecule has 0 saturated carbocycles. The fourth-order valence-corrected chi connectivity index (χ4v) is 2.39. The van der Waals surface area contributed by atoms with Crippen LogP contribution in [0, 0.1) is 5.41 Å². The van der Waals surface area contributed by atoms with Gasteiger partial charge in [-0.3, -0.25) is 9.69 Å². The molecule has 0 aromatic heterocycles. The number of nitrogens with zero attached hydrogens (tertiary/aromatic N) is 1. The summed E-state index contributed by atoms with van der Waals surface area (Å²) in [6.07, 6.45) is 1.16. The SMILES string of the molecule is CC(C)(C)C(=O)N1c2ccccc2CCC1C(=O)O. The van der Waals surface area contributed by atoms with E-state index in [9.17, 15) is 14.7 Å². The van der Waals surface area contributed by atoms with Gasteiger partial charge in [-0.2, -0.15) is 0 Å². The minimum absolute atomic E-state index is 0.146. The maximum Gasteiger partial charge on any atom is 0.326 e. The number of aryl methyl sites for hydroxylation is 1. The Labute approximate surface area is 113 Å². The maximum absolute atomic E-state index is 12.6. The molecule has 1 aliphatic rings. The van der Waals surface area contributed by atoms with E-state index in [1.165, 1.54) is 4.90 Å². The number of hydrogen-bond acceptors (Lipinski definition) is 2. The average molecular weight is 261 g/mol. The number of carbonyl (C=O) groups is 2. The number of rotatable bonds is 1. The molecule has 2 rings (SSSR count). The third kappa shape index (κ3) is 2.48. The minimum Gasteiger partial charge on any atom is -0.480 e. The van der Waals surface area contributed by atoms with Crippen LogP contribution in [0.3, 0.4) is 0 Å². The van der Waals surface area contributed by atoms with E-state index in [1.54, 1.807) is 0 Å². The van der Waals surface area contributed by atoms with Crippen LogP contribution in [0.4, 0.5) is 5.69 Å². The molecule has 0 saturated heterocycles. The predicted molar refractivity (Wildman–Crippen MR) is 73.1 cm³/mol. The number of fused-ring (bicyclic) bond motifs is 1. The molecule has 0 radical (unpaired) electrons. The van der Waals surface area contributed by atoms with Gasteiger partial charge in [0.2, 0.25) is 5.91 Å². The lowest BCUT2D eigenvalue weighted by Gasteiger charge is -2.38. The molecular formula is C15H19NO3. The highest BCUT2D eigenvalue weighted by Gasteiger charge is 2.39. The van der Waals surface area contributed by atoms with Crippen LogP contribution in [0.1, 0.15) is 32.8 Å². The summed E-state index contributed by atoms with van der Waals surface area (Å²) in [4.78, 5) is 25.4. The monoisotopic (exact) mass is 261 g/mol. The van der Waals surface area contributed by atoms with Crippen LogP contribution in [0.15, 0.2) is 24.3 Å². The Morgan fingerprint density at radius 1 is 1.26 bits per heavy atom. The highest BCUT2D eigenvalue weighted by molar-refractivity contribution is 6.02. The molecule has 0 spiro atoms. The zero-order chi connectivity index (χ0) is 14.2. The second-order valence-corrected chi connectivity index (χ2v) is 5.95. The third-order valence-electron chi connectivity index (χ3n) is 3.40. The molecule has 1 aromatic rings. The number of para-hydroxylation sites is 1. The lowest BCUT2D eigenvalue weighted by molar-refractivity contribution is -0.141. The topological polar surface area (TPSA) is 57.6 Å². The Bertz CT molecular complexity index is 516. The summed E-state index contributed by atoms with van der Waals surface area (Å²) >= 11 is 0. The highest BCUT2D eigenvalue weighted by atomic mass is 16.4. The van der Waals surface area contributed by atoms with Gasteiger partial charge < -0.3 is 5.11 Å². The van der Waals surface area contributed by atoms with E-state index < -0.39 is 17.4 Å². The van der Waals surface area contributed by atoms with Gasteiger partial charge in [0.05, 0.1) is 0 Å². The van der Waals surface area contributed by atoms with Gasteiger partial charge in [0, 0.05) is 11.1 Å². The van der Waals surface area contributed by atoms with Crippen molar-refractivity contribution in [1.29, 1.82) is 0 Å². The molecule has 1 N–H and O–H groups in total. The van der Waals surface area contributed by atoms with Crippen molar-refractivity contribution >= 4 is 17.6 Å². The Hall–Kier alpha value is -1.84. The molecule has 19 heavy (non-hydrogen) atoms. The number of carboxylic acid groups (broad SMARTS) is 1. The summed E-state index contributed by atoms with van der Waals surface area (Å²) < 4.78 is 0. The molecule has 1 aromatic carbocycles. The fraction of sp³-hybridized carbons (Fsp3) is 0.467. The van der Waals surface area contributed by atoms with Gasteiger partial charge in [-0.25, -0.2) is 4.79 Å². The van der Waals surface area contributed by atoms with E-state index in [-0.39, 0.29) is 5.91 Å². The molecule has 1 unspecified atom stereocenters. The van der Waals surface area contributed by atoms with Gasteiger partial charge in [-0.1, -0.05) is 39.0 Å². The number of anilines is 1.